The van der Waals surface area contributed by atoms with Crippen LogP contribution in [0.4, 0.5) is 4.79 Å². The number of rotatable bonds is 6. The highest BCUT2D eigenvalue weighted by atomic mass is 35.5. The van der Waals surface area contributed by atoms with Crippen LogP contribution in [0.2, 0.25) is 0 Å². The summed E-state index contributed by atoms with van der Waals surface area (Å²) in [5.74, 6) is 5.41. The summed E-state index contributed by atoms with van der Waals surface area (Å²) in [5, 5.41) is 0. The van der Waals surface area contributed by atoms with Crippen molar-refractivity contribution in [2.24, 2.45) is 52.3 Å². The van der Waals surface area contributed by atoms with Crippen LogP contribution in [0.25, 0.3) is 0 Å². The largest absolute Gasteiger partial charge is 0.450 e. The van der Waals surface area contributed by atoms with Gasteiger partial charge in [0.25, 0.3) is 0 Å². The maximum absolute atomic E-state index is 11.3. The van der Waals surface area contributed by atoms with E-state index in [0.29, 0.717) is 17.3 Å². The Balaban J connectivity index is 1.49. The Labute approximate surface area is 207 Å². The number of hydrogen-bond acceptors (Lipinski definition) is 2. The van der Waals surface area contributed by atoms with Gasteiger partial charge in [0.15, 0.2) is 0 Å². The molecule has 9 atom stereocenters. The molecule has 0 bridgehead atoms. The van der Waals surface area contributed by atoms with Crippen LogP contribution >= 0.6 is 11.6 Å². The highest BCUT2D eigenvalue weighted by molar-refractivity contribution is 6.61. The quantitative estimate of drug-likeness (QED) is 0.283. The predicted molar refractivity (Wildman–Crippen MR) is 138 cm³/mol. The number of ether oxygens (including phenoxy) is 1. The molecule has 4 aliphatic carbocycles. The SMILES string of the molecule is CCC(/C=C/C(C)C1CCC2C3CC=C4CC(OC(=O)Cl)CCC4(C)C3CCC12C)C(C)C. The van der Waals surface area contributed by atoms with E-state index in [0.717, 1.165) is 48.9 Å². The summed E-state index contributed by atoms with van der Waals surface area (Å²) in [4.78, 5) is 11.3. The molecule has 3 fully saturated rings. The second-order valence-electron chi connectivity index (χ2n) is 12.8. The predicted octanol–water partition coefficient (Wildman–Crippen LogP) is 9.18. The lowest BCUT2D eigenvalue weighted by atomic mass is 9.47. The second kappa shape index (κ2) is 9.71. The normalized spacial score (nSPS) is 42.3. The van der Waals surface area contributed by atoms with Gasteiger partial charge in [-0.05, 0) is 104 Å². The van der Waals surface area contributed by atoms with Crippen molar-refractivity contribution in [1.29, 1.82) is 0 Å². The third-order valence-corrected chi connectivity index (χ3v) is 11.1. The summed E-state index contributed by atoms with van der Waals surface area (Å²) in [5.41, 5.74) is 1.67. The molecule has 0 aromatic carbocycles. The van der Waals surface area contributed by atoms with Crippen LogP contribution in [0.5, 0.6) is 0 Å². The Hall–Kier alpha value is -0.760. The number of allylic oxidation sites excluding steroid dienone is 3. The number of hydrogen-bond donors (Lipinski definition) is 0. The minimum atomic E-state index is -0.648. The molecule has 0 spiro atoms. The number of fused-ring (bicyclic) bond motifs is 5. The average molecular weight is 475 g/mol. The van der Waals surface area contributed by atoms with Crippen molar-refractivity contribution in [3.63, 3.8) is 0 Å². The van der Waals surface area contributed by atoms with Gasteiger partial charge in [0.05, 0.1) is 0 Å². The van der Waals surface area contributed by atoms with E-state index in [1.54, 1.807) is 5.57 Å². The summed E-state index contributed by atoms with van der Waals surface area (Å²) >= 11 is 5.52. The molecule has 4 rings (SSSR count). The van der Waals surface area contributed by atoms with Crippen LogP contribution in [0, 0.1) is 52.3 Å². The van der Waals surface area contributed by atoms with Gasteiger partial charge in [-0.15, -0.1) is 0 Å². The van der Waals surface area contributed by atoms with Gasteiger partial charge >= 0.3 is 5.43 Å². The van der Waals surface area contributed by atoms with Crippen LogP contribution in [-0.4, -0.2) is 11.5 Å². The van der Waals surface area contributed by atoms with Crippen LogP contribution in [0.3, 0.4) is 0 Å². The molecule has 3 heteroatoms. The molecule has 0 amide bonds. The third-order valence-electron chi connectivity index (χ3n) is 11.0. The lowest BCUT2D eigenvalue weighted by molar-refractivity contribution is -0.0541. The van der Waals surface area contributed by atoms with Gasteiger partial charge in [-0.1, -0.05) is 65.3 Å². The molecule has 0 aliphatic heterocycles. The van der Waals surface area contributed by atoms with Crippen LogP contribution in [0.1, 0.15) is 99.3 Å². The average Bonchev–Trinajstić information content (AvgIpc) is 3.11. The van der Waals surface area contributed by atoms with Gasteiger partial charge in [0.1, 0.15) is 6.10 Å². The highest BCUT2D eigenvalue weighted by Gasteiger charge is 2.59. The zero-order chi connectivity index (χ0) is 24.0. The molecule has 0 N–H and O–H groups in total. The van der Waals surface area contributed by atoms with Crippen molar-refractivity contribution in [3.05, 3.63) is 23.8 Å². The van der Waals surface area contributed by atoms with E-state index in [2.05, 4.69) is 59.8 Å². The summed E-state index contributed by atoms with van der Waals surface area (Å²) in [6.07, 6.45) is 18.6. The highest BCUT2D eigenvalue weighted by Crippen LogP contribution is 2.67. The first-order valence-corrected chi connectivity index (χ1v) is 14.2. The van der Waals surface area contributed by atoms with E-state index < -0.39 is 5.43 Å². The van der Waals surface area contributed by atoms with Crippen LogP contribution < -0.4 is 0 Å². The molecule has 2 nitrogen and oxygen atoms in total. The van der Waals surface area contributed by atoms with Crippen molar-refractivity contribution in [1.82, 2.24) is 0 Å². The van der Waals surface area contributed by atoms with Crippen LogP contribution in [-0.2, 0) is 4.74 Å². The zero-order valence-corrected chi connectivity index (χ0v) is 22.7. The molecule has 9 unspecified atom stereocenters. The molecule has 33 heavy (non-hydrogen) atoms. The molecule has 0 aromatic rings. The zero-order valence-electron chi connectivity index (χ0n) is 21.9. The minimum absolute atomic E-state index is 0.0268. The second-order valence-corrected chi connectivity index (χ2v) is 13.1. The summed E-state index contributed by atoms with van der Waals surface area (Å²) in [7, 11) is 0. The molecular weight excluding hydrogens is 428 g/mol. The summed E-state index contributed by atoms with van der Waals surface area (Å²) in [6.45, 7) is 14.7. The first-order valence-electron chi connectivity index (χ1n) is 13.8. The lowest BCUT2D eigenvalue weighted by Crippen LogP contribution is -2.51. The first kappa shape index (κ1) is 25.3. The van der Waals surface area contributed by atoms with E-state index in [1.807, 2.05) is 0 Å². The fraction of sp³-hybridized carbons (Fsp3) is 0.833. The van der Waals surface area contributed by atoms with Gasteiger partial charge in [-0.2, -0.15) is 0 Å². The topological polar surface area (TPSA) is 26.3 Å². The van der Waals surface area contributed by atoms with Gasteiger partial charge in [0, 0.05) is 18.0 Å². The molecule has 0 saturated heterocycles. The Morgan fingerprint density at radius 2 is 1.88 bits per heavy atom. The maximum atomic E-state index is 11.3. The van der Waals surface area contributed by atoms with Crippen LogP contribution in [0.15, 0.2) is 23.8 Å². The van der Waals surface area contributed by atoms with Crippen molar-refractivity contribution in [2.75, 3.05) is 0 Å². The van der Waals surface area contributed by atoms with Gasteiger partial charge in [-0.25, -0.2) is 4.79 Å². The number of carbonyl (C=O) groups is 1. The van der Waals surface area contributed by atoms with E-state index in [4.69, 9.17) is 16.3 Å². The Bertz CT molecular complexity index is 784. The van der Waals surface area contributed by atoms with Gasteiger partial charge in [0.2, 0.25) is 0 Å². The van der Waals surface area contributed by atoms with Gasteiger partial charge < -0.3 is 4.74 Å². The Morgan fingerprint density at radius 3 is 2.55 bits per heavy atom. The summed E-state index contributed by atoms with van der Waals surface area (Å²) in [6, 6.07) is 0. The van der Waals surface area contributed by atoms with Gasteiger partial charge in [-0.3, -0.25) is 0 Å². The molecule has 4 aliphatic rings. The molecule has 0 heterocycles. The van der Waals surface area contributed by atoms with Crippen molar-refractivity contribution < 1.29 is 9.53 Å². The van der Waals surface area contributed by atoms with Crippen molar-refractivity contribution >= 4 is 17.0 Å². The number of halogens is 1. The Kier molecular flexibility index (Phi) is 7.46. The van der Waals surface area contributed by atoms with E-state index in [9.17, 15) is 4.79 Å². The molecule has 0 radical (unpaired) electrons. The fourth-order valence-corrected chi connectivity index (χ4v) is 9.17. The first-order chi connectivity index (χ1) is 15.6. The van der Waals surface area contributed by atoms with E-state index in [1.165, 1.54) is 38.5 Å². The number of carbonyl (C=O) groups excluding carboxylic acids is 1. The molecular formula is C30H47ClO2. The Morgan fingerprint density at radius 1 is 1.12 bits per heavy atom. The molecule has 0 aromatic heterocycles. The van der Waals surface area contributed by atoms with Crippen molar-refractivity contribution in [2.45, 2.75) is 105 Å². The lowest BCUT2D eigenvalue weighted by Gasteiger charge is -2.58. The molecule has 186 valence electrons. The van der Waals surface area contributed by atoms with E-state index >= 15 is 0 Å². The smallest absolute Gasteiger partial charge is 0.404 e. The fourth-order valence-electron chi connectivity index (χ4n) is 9.05. The third kappa shape index (κ3) is 4.60. The van der Waals surface area contributed by atoms with Crippen molar-refractivity contribution in [3.8, 4) is 0 Å². The summed E-state index contributed by atoms with van der Waals surface area (Å²) < 4.78 is 5.39. The maximum Gasteiger partial charge on any atom is 0.404 e. The minimum Gasteiger partial charge on any atom is -0.450 e. The standard InChI is InChI=1S/C30H47ClO2/c1-7-21(19(2)3)9-8-20(4)25-12-13-26-24-11-10-22-18-23(33-28(31)32)14-16-29(22,5)27(24)15-17-30(25,26)6/h8-10,19-21,23-27H,7,11-18H2,1-6H3/b9-8+. The van der Waals surface area contributed by atoms with E-state index in [-0.39, 0.29) is 11.5 Å². The monoisotopic (exact) mass is 474 g/mol. The molecule has 3 saturated carbocycles.